The van der Waals surface area contributed by atoms with E-state index in [0.29, 0.717) is 6.04 Å². The van der Waals surface area contributed by atoms with Gasteiger partial charge in [-0.25, -0.2) is 0 Å². The van der Waals surface area contributed by atoms with Crippen LogP contribution in [0, 0.1) is 5.92 Å². The Labute approximate surface area is 86.6 Å². The van der Waals surface area contributed by atoms with Gasteiger partial charge >= 0.3 is 0 Å². The van der Waals surface area contributed by atoms with Crippen LogP contribution >= 0.6 is 0 Å². The molecule has 82 valence electrons. The second-order valence-electron chi connectivity index (χ2n) is 4.31. The predicted octanol–water partition coefficient (Wildman–Crippen LogP) is 1.29. The summed E-state index contributed by atoms with van der Waals surface area (Å²) in [6.45, 7) is 6.94. The van der Waals surface area contributed by atoms with Crippen LogP contribution in [0.15, 0.2) is 0 Å². The number of carbonyl (C=O) groups is 1. The molecule has 1 aliphatic rings. The first-order valence-corrected chi connectivity index (χ1v) is 5.69. The van der Waals surface area contributed by atoms with Crippen LogP contribution in [0.5, 0.6) is 0 Å². The van der Waals surface area contributed by atoms with Gasteiger partial charge in [-0.3, -0.25) is 4.79 Å². The average molecular weight is 198 g/mol. The first kappa shape index (κ1) is 11.5. The monoisotopic (exact) mass is 198 g/mol. The topological polar surface area (TPSA) is 41.1 Å². The summed E-state index contributed by atoms with van der Waals surface area (Å²) in [4.78, 5) is 11.5. The van der Waals surface area contributed by atoms with Gasteiger partial charge in [0.1, 0.15) is 0 Å². The molecule has 0 radical (unpaired) electrons. The number of amides is 1. The van der Waals surface area contributed by atoms with Crippen LogP contribution in [0.1, 0.15) is 40.0 Å². The molecule has 0 aromatic rings. The molecule has 0 saturated heterocycles. The number of hydrogen-bond acceptors (Lipinski definition) is 2. The Bertz CT molecular complexity index is 190. The molecule has 3 nitrogen and oxygen atoms in total. The normalized spacial score (nSPS) is 20.2. The highest BCUT2D eigenvalue weighted by Gasteiger charge is 2.29. The first-order valence-electron chi connectivity index (χ1n) is 5.69. The van der Waals surface area contributed by atoms with Crippen LogP contribution in [-0.2, 0) is 4.79 Å². The van der Waals surface area contributed by atoms with E-state index >= 15 is 0 Å². The average Bonchev–Trinajstić information content (AvgIpc) is 2.96. The van der Waals surface area contributed by atoms with Gasteiger partial charge < -0.3 is 10.6 Å². The summed E-state index contributed by atoms with van der Waals surface area (Å²) in [6.07, 6.45) is 3.63. The van der Waals surface area contributed by atoms with E-state index in [1.807, 2.05) is 6.92 Å². The van der Waals surface area contributed by atoms with Crippen LogP contribution in [0.25, 0.3) is 0 Å². The maximum atomic E-state index is 11.5. The van der Waals surface area contributed by atoms with Crippen molar-refractivity contribution in [1.82, 2.24) is 10.6 Å². The zero-order chi connectivity index (χ0) is 10.6. The highest BCUT2D eigenvalue weighted by Crippen LogP contribution is 2.32. The second-order valence-corrected chi connectivity index (χ2v) is 4.31. The number of carbonyl (C=O) groups excluding carboxylic acids is 1. The van der Waals surface area contributed by atoms with Crippen LogP contribution in [0.3, 0.4) is 0 Å². The van der Waals surface area contributed by atoms with E-state index in [9.17, 15) is 4.79 Å². The summed E-state index contributed by atoms with van der Waals surface area (Å²) < 4.78 is 0. The van der Waals surface area contributed by atoms with Crippen molar-refractivity contribution in [2.75, 3.05) is 6.54 Å². The lowest BCUT2D eigenvalue weighted by Crippen LogP contribution is -2.46. The molecule has 1 fully saturated rings. The molecule has 1 saturated carbocycles. The highest BCUT2D eigenvalue weighted by molar-refractivity contribution is 5.81. The van der Waals surface area contributed by atoms with Gasteiger partial charge in [-0.15, -0.1) is 0 Å². The standard InChI is InChI=1S/C11H22N2O/c1-4-7-12-11(14)9(3)13-8(2)10-5-6-10/h8-10,13H,4-7H2,1-3H3,(H,12,14). The summed E-state index contributed by atoms with van der Waals surface area (Å²) in [7, 11) is 0. The van der Waals surface area contributed by atoms with E-state index < -0.39 is 0 Å². The maximum absolute atomic E-state index is 11.5. The third-order valence-corrected chi connectivity index (χ3v) is 2.78. The van der Waals surface area contributed by atoms with Gasteiger partial charge in [-0.2, -0.15) is 0 Å². The van der Waals surface area contributed by atoms with Crippen molar-refractivity contribution in [2.24, 2.45) is 5.92 Å². The number of rotatable bonds is 6. The predicted molar refractivity (Wildman–Crippen MR) is 58.1 cm³/mol. The molecular weight excluding hydrogens is 176 g/mol. The Morgan fingerprint density at radius 1 is 1.43 bits per heavy atom. The lowest BCUT2D eigenvalue weighted by atomic mass is 10.2. The van der Waals surface area contributed by atoms with E-state index in [1.54, 1.807) is 0 Å². The van der Waals surface area contributed by atoms with Crippen molar-refractivity contribution in [3.63, 3.8) is 0 Å². The van der Waals surface area contributed by atoms with Crippen LogP contribution in [0.4, 0.5) is 0 Å². The fraction of sp³-hybridized carbons (Fsp3) is 0.909. The Balaban J connectivity index is 2.18. The van der Waals surface area contributed by atoms with Crippen molar-refractivity contribution in [3.8, 4) is 0 Å². The van der Waals surface area contributed by atoms with Crippen molar-refractivity contribution in [3.05, 3.63) is 0 Å². The number of hydrogen-bond donors (Lipinski definition) is 2. The zero-order valence-corrected chi connectivity index (χ0v) is 9.47. The molecule has 2 unspecified atom stereocenters. The molecule has 0 aromatic heterocycles. The Morgan fingerprint density at radius 3 is 2.57 bits per heavy atom. The van der Waals surface area contributed by atoms with Gasteiger partial charge in [0.15, 0.2) is 0 Å². The Hall–Kier alpha value is -0.570. The van der Waals surface area contributed by atoms with Crippen molar-refractivity contribution in [1.29, 1.82) is 0 Å². The maximum Gasteiger partial charge on any atom is 0.236 e. The van der Waals surface area contributed by atoms with Gasteiger partial charge in [0, 0.05) is 12.6 Å². The summed E-state index contributed by atoms with van der Waals surface area (Å²) in [5.74, 6) is 0.927. The van der Waals surface area contributed by atoms with Gasteiger partial charge in [0.25, 0.3) is 0 Å². The van der Waals surface area contributed by atoms with E-state index in [4.69, 9.17) is 0 Å². The minimum Gasteiger partial charge on any atom is -0.355 e. The minimum absolute atomic E-state index is 0.0582. The van der Waals surface area contributed by atoms with E-state index in [2.05, 4.69) is 24.5 Å². The molecule has 2 atom stereocenters. The molecule has 0 heterocycles. The third-order valence-electron chi connectivity index (χ3n) is 2.78. The van der Waals surface area contributed by atoms with Crippen molar-refractivity contribution in [2.45, 2.75) is 52.1 Å². The summed E-state index contributed by atoms with van der Waals surface area (Å²) in [5, 5.41) is 6.23. The van der Waals surface area contributed by atoms with E-state index in [0.717, 1.165) is 18.9 Å². The third kappa shape index (κ3) is 3.66. The highest BCUT2D eigenvalue weighted by atomic mass is 16.2. The smallest absolute Gasteiger partial charge is 0.236 e. The fourth-order valence-electron chi connectivity index (χ4n) is 1.60. The SMILES string of the molecule is CCCNC(=O)C(C)NC(C)C1CC1. The zero-order valence-electron chi connectivity index (χ0n) is 9.47. The van der Waals surface area contributed by atoms with Gasteiger partial charge in [0.2, 0.25) is 5.91 Å². The number of nitrogens with one attached hydrogen (secondary N) is 2. The summed E-state index contributed by atoms with van der Waals surface area (Å²) in [5.41, 5.74) is 0. The summed E-state index contributed by atoms with van der Waals surface area (Å²) in [6, 6.07) is 0.425. The molecule has 1 amide bonds. The fourth-order valence-corrected chi connectivity index (χ4v) is 1.60. The molecule has 0 bridgehead atoms. The van der Waals surface area contributed by atoms with Gasteiger partial charge in [-0.1, -0.05) is 6.92 Å². The van der Waals surface area contributed by atoms with Crippen LogP contribution < -0.4 is 10.6 Å². The quantitative estimate of drug-likeness (QED) is 0.675. The first-order chi connectivity index (χ1) is 6.65. The van der Waals surface area contributed by atoms with Crippen molar-refractivity contribution < 1.29 is 4.79 Å². The largest absolute Gasteiger partial charge is 0.355 e. The molecule has 14 heavy (non-hydrogen) atoms. The second kappa shape index (κ2) is 5.35. The molecular formula is C11H22N2O. The van der Waals surface area contributed by atoms with Gasteiger partial charge in [0.05, 0.1) is 6.04 Å². The minimum atomic E-state index is -0.0582. The lowest BCUT2D eigenvalue weighted by molar-refractivity contribution is -0.122. The van der Waals surface area contributed by atoms with Gasteiger partial charge in [-0.05, 0) is 39.0 Å². The molecule has 2 N–H and O–H groups in total. The van der Waals surface area contributed by atoms with Crippen molar-refractivity contribution >= 4 is 5.91 Å². The van der Waals surface area contributed by atoms with E-state index in [-0.39, 0.29) is 11.9 Å². The summed E-state index contributed by atoms with van der Waals surface area (Å²) >= 11 is 0. The molecule has 0 aliphatic heterocycles. The Kier molecular flexibility index (Phi) is 4.39. The van der Waals surface area contributed by atoms with Crippen LogP contribution in [-0.4, -0.2) is 24.5 Å². The Morgan fingerprint density at radius 2 is 2.07 bits per heavy atom. The molecule has 0 spiro atoms. The molecule has 1 aliphatic carbocycles. The molecule has 1 rings (SSSR count). The lowest BCUT2D eigenvalue weighted by Gasteiger charge is -2.19. The van der Waals surface area contributed by atoms with E-state index in [1.165, 1.54) is 12.8 Å². The van der Waals surface area contributed by atoms with Crippen LogP contribution in [0.2, 0.25) is 0 Å². The molecule has 3 heteroatoms. The molecule has 0 aromatic carbocycles.